The van der Waals surface area contributed by atoms with Crippen molar-refractivity contribution >= 4 is 12.0 Å². The summed E-state index contributed by atoms with van der Waals surface area (Å²) in [5, 5.41) is 12.8. The number of nitrogens with one attached hydrogen (secondary N) is 2. The topological polar surface area (TPSA) is 81.6 Å². The van der Waals surface area contributed by atoms with Crippen LogP contribution in [0.4, 0.5) is 5.95 Å². The third-order valence-electron chi connectivity index (χ3n) is 7.99. The number of rotatable bonds is 3. The van der Waals surface area contributed by atoms with Gasteiger partial charge < -0.3 is 5.32 Å². The molecule has 5 aliphatic rings. The molecule has 7 rings (SSSR count). The Kier molecular flexibility index (Phi) is 3.93. The van der Waals surface area contributed by atoms with E-state index in [9.17, 15) is 4.79 Å². The summed E-state index contributed by atoms with van der Waals surface area (Å²) in [5.41, 5.74) is 4.24. The molecule has 1 aromatic carbocycles. The van der Waals surface area contributed by atoms with Crippen molar-refractivity contribution in [3.63, 3.8) is 0 Å². The van der Waals surface area contributed by atoms with Gasteiger partial charge in [-0.1, -0.05) is 17.7 Å². The Bertz CT molecular complexity index is 1110. The molecule has 0 saturated heterocycles. The van der Waals surface area contributed by atoms with Crippen molar-refractivity contribution in [2.75, 3.05) is 5.32 Å². The summed E-state index contributed by atoms with van der Waals surface area (Å²) in [6, 6.07) is 10.2. The van der Waals surface area contributed by atoms with Crippen molar-refractivity contribution in [2.45, 2.75) is 51.0 Å². The molecule has 5 nitrogen and oxygen atoms in total. The van der Waals surface area contributed by atoms with E-state index in [-0.39, 0.29) is 11.5 Å². The fourth-order valence-corrected chi connectivity index (χ4v) is 6.94. The van der Waals surface area contributed by atoms with Crippen LogP contribution in [0.3, 0.4) is 0 Å². The van der Waals surface area contributed by atoms with Crippen molar-refractivity contribution < 1.29 is 0 Å². The highest BCUT2D eigenvalue weighted by Crippen LogP contribution is 2.54. The third kappa shape index (κ3) is 2.74. The van der Waals surface area contributed by atoms with E-state index in [4.69, 9.17) is 10.2 Å². The molecular formula is C25H26N4O. The summed E-state index contributed by atoms with van der Waals surface area (Å²) >= 11 is 0. The lowest BCUT2D eigenvalue weighted by atomic mass is 9.54. The van der Waals surface area contributed by atoms with Crippen LogP contribution < -0.4 is 10.9 Å². The summed E-state index contributed by atoms with van der Waals surface area (Å²) in [5.74, 6) is 3.87. The number of fused-ring (bicyclic) bond motifs is 1. The maximum atomic E-state index is 12.9. The fraction of sp³-hybridized carbons (Fsp3) is 0.480. The zero-order valence-corrected chi connectivity index (χ0v) is 17.2. The molecule has 30 heavy (non-hydrogen) atoms. The summed E-state index contributed by atoms with van der Waals surface area (Å²) in [6.45, 7) is 2.05. The number of hydrogen-bond donors (Lipinski definition) is 2. The Labute approximate surface area is 176 Å². The minimum absolute atomic E-state index is 0.0332. The summed E-state index contributed by atoms with van der Waals surface area (Å²) in [6.07, 6.45) is 8.70. The molecule has 152 valence electrons. The number of nitrogens with zero attached hydrogens (tertiary/aromatic N) is 2. The van der Waals surface area contributed by atoms with Crippen LogP contribution in [0.15, 0.2) is 34.6 Å². The first-order chi connectivity index (χ1) is 14.6. The molecule has 1 atom stereocenters. The Hall–Kier alpha value is -2.87. The van der Waals surface area contributed by atoms with E-state index >= 15 is 0 Å². The second-order valence-electron chi connectivity index (χ2n) is 9.87. The molecule has 4 bridgehead atoms. The number of anilines is 1. The number of benzene rings is 1. The van der Waals surface area contributed by atoms with Crippen LogP contribution in [0.1, 0.15) is 67.3 Å². The Morgan fingerprint density at radius 1 is 1.07 bits per heavy atom. The van der Waals surface area contributed by atoms with Crippen LogP contribution in [0.25, 0.3) is 6.08 Å². The molecule has 1 aromatic heterocycles. The van der Waals surface area contributed by atoms with Crippen molar-refractivity contribution in [1.82, 2.24) is 9.97 Å². The Morgan fingerprint density at radius 3 is 2.37 bits per heavy atom. The third-order valence-corrected chi connectivity index (χ3v) is 7.99. The molecule has 1 heterocycles. The van der Waals surface area contributed by atoms with Gasteiger partial charge in [0.15, 0.2) is 0 Å². The molecule has 1 unspecified atom stereocenters. The zero-order valence-electron chi connectivity index (χ0n) is 17.2. The minimum Gasteiger partial charge on any atom is -0.352 e. The number of aromatic nitrogens is 2. The number of hydrogen-bond acceptors (Lipinski definition) is 4. The quantitative estimate of drug-likeness (QED) is 0.801. The first-order valence-corrected chi connectivity index (χ1v) is 11.2. The standard InChI is InChI=1S/C25H26N4O/c1-13-6-20-23(21(13)17-4-2-14(12-26)3-5-17)28-25(29-24(20)30)27-22-18-8-15-7-16(10-18)11-19(22)9-15/h2-6,15-16,18-19,21-22H,7-11H2,1H3,(H2,27,28,29,30). The van der Waals surface area contributed by atoms with Gasteiger partial charge in [-0.2, -0.15) is 5.26 Å². The fourth-order valence-electron chi connectivity index (χ4n) is 6.94. The highest BCUT2D eigenvalue weighted by Gasteiger charge is 2.48. The van der Waals surface area contributed by atoms with E-state index in [1.54, 1.807) is 0 Å². The van der Waals surface area contributed by atoms with Gasteiger partial charge in [-0.3, -0.25) is 9.78 Å². The van der Waals surface area contributed by atoms with E-state index in [2.05, 4.69) is 23.3 Å². The van der Waals surface area contributed by atoms with Gasteiger partial charge in [0.25, 0.3) is 5.56 Å². The molecule has 0 radical (unpaired) electrons. The molecule has 0 spiro atoms. The minimum atomic E-state index is -0.0678. The van der Waals surface area contributed by atoms with Gasteiger partial charge in [0, 0.05) is 12.0 Å². The van der Waals surface area contributed by atoms with Crippen molar-refractivity contribution in [3.05, 3.63) is 62.6 Å². The lowest BCUT2D eigenvalue weighted by molar-refractivity contribution is 0.00727. The molecule has 0 aliphatic heterocycles. The summed E-state index contributed by atoms with van der Waals surface area (Å²) in [7, 11) is 0. The average molecular weight is 399 g/mol. The predicted molar refractivity (Wildman–Crippen MR) is 116 cm³/mol. The van der Waals surface area contributed by atoms with Crippen LogP contribution in [-0.2, 0) is 0 Å². The molecule has 5 aliphatic carbocycles. The van der Waals surface area contributed by atoms with E-state index in [0.29, 0.717) is 35.0 Å². The number of nitriles is 1. The summed E-state index contributed by atoms with van der Waals surface area (Å²) < 4.78 is 0. The Balaban J connectivity index is 1.33. The predicted octanol–water partition coefficient (Wildman–Crippen LogP) is 4.43. The molecule has 4 fully saturated rings. The average Bonchev–Trinajstić information content (AvgIpc) is 3.07. The Morgan fingerprint density at radius 2 is 1.73 bits per heavy atom. The maximum Gasteiger partial charge on any atom is 0.259 e. The largest absolute Gasteiger partial charge is 0.352 e. The summed E-state index contributed by atoms with van der Waals surface area (Å²) in [4.78, 5) is 20.8. The molecule has 4 saturated carbocycles. The van der Waals surface area contributed by atoms with Crippen molar-refractivity contribution in [1.29, 1.82) is 5.26 Å². The molecule has 2 aromatic rings. The van der Waals surface area contributed by atoms with Crippen LogP contribution in [-0.4, -0.2) is 16.0 Å². The van der Waals surface area contributed by atoms with Crippen LogP contribution >= 0.6 is 0 Å². The van der Waals surface area contributed by atoms with Crippen LogP contribution in [0, 0.1) is 35.0 Å². The lowest BCUT2D eigenvalue weighted by Crippen LogP contribution is -2.51. The molecule has 2 N–H and O–H groups in total. The highest BCUT2D eigenvalue weighted by molar-refractivity contribution is 5.67. The van der Waals surface area contributed by atoms with Gasteiger partial charge in [-0.15, -0.1) is 0 Å². The first-order valence-electron chi connectivity index (χ1n) is 11.2. The van der Waals surface area contributed by atoms with Crippen LogP contribution in [0.5, 0.6) is 0 Å². The monoisotopic (exact) mass is 398 g/mol. The van der Waals surface area contributed by atoms with E-state index in [1.807, 2.05) is 30.3 Å². The van der Waals surface area contributed by atoms with Gasteiger partial charge in [0.2, 0.25) is 5.95 Å². The first kappa shape index (κ1) is 17.9. The van der Waals surface area contributed by atoms with E-state index in [1.165, 1.54) is 32.1 Å². The zero-order chi connectivity index (χ0) is 20.4. The molecular weight excluding hydrogens is 372 g/mol. The smallest absolute Gasteiger partial charge is 0.259 e. The normalized spacial score (nSPS) is 33.1. The van der Waals surface area contributed by atoms with Gasteiger partial charge in [0.1, 0.15) is 0 Å². The van der Waals surface area contributed by atoms with Gasteiger partial charge in [-0.25, -0.2) is 4.98 Å². The number of allylic oxidation sites excluding steroid dienone is 1. The van der Waals surface area contributed by atoms with E-state index in [0.717, 1.165) is 28.7 Å². The second-order valence-corrected chi connectivity index (χ2v) is 9.87. The van der Waals surface area contributed by atoms with E-state index < -0.39 is 0 Å². The van der Waals surface area contributed by atoms with Gasteiger partial charge >= 0.3 is 0 Å². The van der Waals surface area contributed by atoms with Crippen molar-refractivity contribution in [2.24, 2.45) is 23.7 Å². The second kappa shape index (κ2) is 6.57. The van der Waals surface area contributed by atoms with Crippen molar-refractivity contribution in [3.8, 4) is 6.07 Å². The van der Waals surface area contributed by atoms with Gasteiger partial charge in [-0.05, 0) is 86.5 Å². The SMILES string of the molecule is CC1=Cc2c(nc(NC3C4CC5CC(C4)CC3C5)[nH]c2=O)C1c1ccc(C#N)cc1. The lowest BCUT2D eigenvalue weighted by Gasteiger charge is -2.54. The highest BCUT2D eigenvalue weighted by atomic mass is 16.1. The number of H-pyrrole nitrogens is 1. The maximum absolute atomic E-state index is 12.9. The van der Waals surface area contributed by atoms with Crippen LogP contribution in [0.2, 0.25) is 0 Å². The van der Waals surface area contributed by atoms with Gasteiger partial charge in [0.05, 0.1) is 22.9 Å². The molecule has 0 amide bonds. The molecule has 5 heteroatoms. The number of aromatic amines is 1.